The maximum atomic E-state index is 12.3. The second-order valence-electron chi connectivity index (χ2n) is 6.06. The third-order valence-corrected chi connectivity index (χ3v) is 5.26. The van der Waals surface area contributed by atoms with Crippen molar-refractivity contribution < 1.29 is 4.74 Å². The van der Waals surface area contributed by atoms with E-state index in [1.807, 2.05) is 55.5 Å². The van der Waals surface area contributed by atoms with Gasteiger partial charge in [0.05, 0.1) is 12.3 Å². The van der Waals surface area contributed by atoms with E-state index in [4.69, 9.17) is 4.74 Å². The Morgan fingerprint density at radius 2 is 1.92 bits per heavy atom. The van der Waals surface area contributed by atoms with E-state index >= 15 is 0 Å². The molecule has 0 unspecified atom stereocenters. The molecule has 1 aliphatic rings. The summed E-state index contributed by atoms with van der Waals surface area (Å²) in [4.78, 5) is 27.9. The third kappa shape index (κ3) is 3.18. The summed E-state index contributed by atoms with van der Waals surface area (Å²) < 4.78 is 7.15. The molecule has 0 amide bonds. The highest BCUT2D eigenvalue weighted by Crippen LogP contribution is 2.42. The minimum atomic E-state index is -0.479. The molecule has 0 saturated carbocycles. The predicted octanol–water partition coefficient (Wildman–Crippen LogP) is 3.23. The number of nitrogens with one attached hydrogen (secondary N) is 2. The summed E-state index contributed by atoms with van der Waals surface area (Å²) in [6.45, 7) is 2.45. The van der Waals surface area contributed by atoms with Crippen LogP contribution in [0.5, 0.6) is 0 Å². The van der Waals surface area contributed by atoms with Gasteiger partial charge >= 0.3 is 5.69 Å². The Kier molecular flexibility index (Phi) is 4.40. The first kappa shape index (κ1) is 16.7. The van der Waals surface area contributed by atoms with Crippen molar-refractivity contribution in [3.8, 4) is 0 Å². The van der Waals surface area contributed by atoms with E-state index < -0.39 is 11.2 Å². The molecule has 2 aromatic carbocycles. The van der Waals surface area contributed by atoms with Gasteiger partial charge in [-0.1, -0.05) is 48.2 Å². The van der Waals surface area contributed by atoms with Gasteiger partial charge in [-0.05, 0) is 30.2 Å². The summed E-state index contributed by atoms with van der Waals surface area (Å²) in [5, 5.41) is 3.69. The topological polar surface area (TPSA) is 76.1 Å². The molecule has 6 nitrogen and oxygen atoms in total. The zero-order valence-corrected chi connectivity index (χ0v) is 14.9. The number of anilines is 2. The highest BCUT2D eigenvalue weighted by molar-refractivity contribution is 7.99. The lowest BCUT2D eigenvalue weighted by atomic mass is 10.2. The Balaban J connectivity index is 1.64. The van der Waals surface area contributed by atoms with Gasteiger partial charge in [-0.25, -0.2) is 4.79 Å². The molecule has 0 fully saturated rings. The molecule has 3 aromatic rings. The van der Waals surface area contributed by atoms with E-state index in [1.54, 1.807) is 0 Å². The summed E-state index contributed by atoms with van der Waals surface area (Å²) in [5.74, 6) is 0. The lowest BCUT2D eigenvalue weighted by Gasteiger charge is -2.23. The fourth-order valence-corrected chi connectivity index (χ4v) is 3.94. The molecule has 7 heteroatoms. The number of hydrogen-bond acceptors (Lipinski definition) is 5. The number of aryl methyl sites for hydroxylation is 1. The standard InChI is InChI=1S/C19H17N3O3S/c1-12-7-8-14-15(9-12)26-18-16(20-14)17(23)21-19(24)22(18)11-25-10-13-5-3-2-4-6-13/h2-9,20H,10-11H2,1H3,(H,21,23,24). The largest absolute Gasteiger partial charge is 0.356 e. The van der Waals surface area contributed by atoms with Crippen LogP contribution >= 0.6 is 11.8 Å². The van der Waals surface area contributed by atoms with Crippen LogP contribution in [0.15, 0.2) is 68.0 Å². The molecule has 26 heavy (non-hydrogen) atoms. The van der Waals surface area contributed by atoms with Gasteiger partial charge in [-0.3, -0.25) is 14.3 Å². The predicted molar refractivity (Wildman–Crippen MR) is 101 cm³/mol. The molecule has 0 radical (unpaired) electrons. The van der Waals surface area contributed by atoms with Crippen LogP contribution < -0.4 is 16.6 Å². The van der Waals surface area contributed by atoms with Crippen LogP contribution in [-0.2, 0) is 18.1 Å². The smallest absolute Gasteiger partial charge is 0.331 e. The lowest BCUT2D eigenvalue weighted by molar-refractivity contribution is 0.0556. The Bertz CT molecular complexity index is 1070. The number of hydrogen-bond donors (Lipinski definition) is 2. The first-order valence-corrected chi connectivity index (χ1v) is 8.98. The normalized spacial score (nSPS) is 12.2. The van der Waals surface area contributed by atoms with Crippen LogP contribution in [0.25, 0.3) is 0 Å². The zero-order chi connectivity index (χ0) is 18.1. The van der Waals surface area contributed by atoms with E-state index in [0.717, 1.165) is 21.7 Å². The number of fused-ring (bicyclic) bond motifs is 2. The number of ether oxygens (including phenoxy) is 1. The summed E-state index contributed by atoms with van der Waals surface area (Å²) in [6, 6.07) is 15.7. The van der Waals surface area contributed by atoms with Gasteiger partial charge < -0.3 is 10.1 Å². The molecular formula is C19H17N3O3S. The summed E-state index contributed by atoms with van der Waals surface area (Å²) in [6.07, 6.45) is 0. The molecular weight excluding hydrogens is 350 g/mol. The molecule has 0 spiro atoms. The van der Waals surface area contributed by atoms with Crippen LogP contribution in [-0.4, -0.2) is 9.55 Å². The first-order valence-electron chi connectivity index (χ1n) is 8.16. The number of H-pyrrole nitrogens is 1. The van der Waals surface area contributed by atoms with Gasteiger partial charge in [0.2, 0.25) is 0 Å². The van der Waals surface area contributed by atoms with E-state index in [-0.39, 0.29) is 6.73 Å². The van der Waals surface area contributed by atoms with Crippen molar-refractivity contribution in [2.24, 2.45) is 0 Å². The van der Waals surface area contributed by atoms with E-state index in [2.05, 4.69) is 10.3 Å². The van der Waals surface area contributed by atoms with E-state index in [1.165, 1.54) is 16.3 Å². The maximum Gasteiger partial charge on any atom is 0.331 e. The van der Waals surface area contributed by atoms with Crippen molar-refractivity contribution in [2.75, 3.05) is 5.32 Å². The van der Waals surface area contributed by atoms with E-state index in [0.29, 0.717) is 17.3 Å². The Morgan fingerprint density at radius 3 is 2.73 bits per heavy atom. The molecule has 1 aliphatic heterocycles. The third-order valence-electron chi connectivity index (χ3n) is 4.09. The Hall–Kier alpha value is -2.77. The van der Waals surface area contributed by atoms with Crippen LogP contribution in [0.4, 0.5) is 11.4 Å². The molecule has 0 aliphatic carbocycles. The minimum Gasteiger partial charge on any atom is -0.356 e. The van der Waals surface area contributed by atoms with Crippen molar-refractivity contribution in [3.05, 3.63) is 80.5 Å². The lowest BCUT2D eigenvalue weighted by Crippen LogP contribution is -2.34. The Morgan fingerprint density at radius 1 is 1.12 bits per heavy atom. The van der Waals surface area contributed by atoms with Gasteiger partial charge in [0, 0.05) is 4.90 Å². The quantitative estimate of drug-likeness (QED) is 0.542. The van der Waals surface area contributed by atoms with Gasteiger partial charge in [-0.15, -0.1) is 0 Å². The van der Waals surface area contributed by atoms with Crippen molar-refractivity contribution >= 4 is 23.1 Å². The Labute approximate surface area is 153 Å². The van der Waals surface area contributed by atoms with Gasteiger partial charge in [0.15, 0.2) is 0 Å². The zero-order valence-electron chi connectivity index (χ0n) is 14.1. The van der Waals surface area contributed by atoms with Crippen molar-refractivity contribution in [1.82, 2.24) is 9.55 Å². The molecule has 0 atom stereocenters. The molecule has 1 aromatic heterocycles. The highest BCUT2D eigenvalue weighted by Gasteiger charge is 2.23. The fraction of sp³-hybridized carbons (Fsp3) is 0.158. The van der Waals surface area contributed by atoms with Crippen LogP contribution in [0, 0.1) is 6.92 Å². The van der Waals surface area contributed by atoms with E-state index in [9.17, 15) is 9.59 Å². The molecule has 2 heterocycles. The number of benzene rings is 2. The van der Waals surface area contributed by atoms with Crippen molar-refractivity contribution in [2.45, 2.75) is 30.2 Å². The van der Waals surface area contributed by atoms with Crippen molar-refractivity contribution in [3.63, 3.8) is 0 Å². The summed E-state index contributed by atoms with van der Waals surface area (Å²) in [7, 11) is 0. The maximum absolute atomic E-state index is 12.3. The average molecular weight is 367 g/mol. The summed E-state index contributed by atoms with van der Waals surface area (Å²) >= 11 is 1.40. The molecule has 2 N–H and O–H groups in total. The molecule has 4 rings (SSSR count). The van der Waals surface area contributed by atoms with Crippen LogP contribution in [0.1, 0.15) is 11.1 Å². The van der Waals surface area contributed by atoms with Gasteiger partial charge in [-0.2, -0.15) is 0 Å². The minimum absolute atomic E-state index is 0.0582. The molecule has 132 valence electrons. The number of aromatic amines is 1. The number of aromatic nitrogens is 2. The van der Waals surface area contributed by atoms with Crippen molar-refractivity contribution in [1.29, 1.82) is 0 Å². The number of rotatable bonds is 4. The fourth-order valence-electron chi connectivity index (χ4n) is 2.77. The first-order chi connectivity index (χ1) is 12.6. The second-order valence-corrected chi connectivity index (χ2v) is 7.09. The monoisotopic (exact) mass is 367 g/mol. The van der Waals surface area contributed by atoms with Crippen LogP contribution in [0.3, 0.4) is 0 Å². The van der Waals surface area contributed by atoms with Crippen LogP contribution in [0.2, 0.25) is 0 Å². The molecule has 0 saturated heterocycles. The highest BCUT2D eigenvalue weighted by atomic mass is 32.2. The summed E-state index contributed by atoms with van der Waals surface area (Å²) in [5.41, 5.74) is 2.45. The SMILES string of the molecule is Cc1ccc2c(c1)Sc1c(c(=O)[nH]c(=O)n1COCc1ccccc1)N2. The van der Waals surface area contributed by atoms with Gasteiger partial charge in [0.25, 0.3) is 5.56 Å². The van der Waals surface area contributed by atoms with Gasteiger partial charge in [0.1, 0.15) is 17.4 Å². The average Bonchev–Trinajstić information content (AvgIpc) is 2.64. The molecule has 0 bridgehead atoms. The second kappa shape index (κ2) is 6.86. The number of nitrogens with zero attached hydrogens (tertiary/aromatic N) is 1.